The predicted molar refractivity (Wildman–Crippen MR) is 115 cm³/mol. The number of fused-ring (bicyclic) bond motifs is 3. The lowest BCUT2D eigenvalue weighted by Crippen LogP contribution is -2.25. The molecule has 6 heterocycles. The number of anilines is 2. The molecule has 5 aromatic heterocycles. The van der Waals surface area contributed by atoms with Gasteiger partial charge in [-0.2, -0.15) is 29.2 Å². The Kier molecular flexibility index (Phi) is 4.25. The molecule has 1 N–H and O–H groups in total. The van der Waals surface area contributed by atoms with E-state index in [0.29, 0.717) is 41.3 Å². The van der Waals surface area contributed by atoms with Crippen LogP contribution in [-0.4, -0.2) is 38.9 Å². The van der Waals surface area contributed by atoms with E-state index in [1.165, 1.54) is 23.1 Å². The number of nitrogens with one attached hydrogen (secondary N) is 1. The maximum absolute atomic E-state index is 14.2. The molecule has 0 aliphatic carbocycles. The molecule has 0 bridgehead atoms. The quantitative estimate of drug-likeness (QED) is 0.430. The third kappa shape index (κ3) is 3.03. The van der Waals surface area contributed by atoms with Crippen LogP contribution in [0.25, 0.3) is 16.7 Å². The zero-order chi connectivity index (χ0) is 23.4. The highest BCUT2D eigenvalue weighted by Crippen LogP contribution is 2.38. The van der Waals surface area contributed by atoms with Crippen LogP contribution < -0.4 is 10.1 Å². The van der Waals surface area contributed by atoms with Gasteiger partial charge in [-0.1, -0.05) is 0 Å². The van der Waals surface area contributed by atoms with Crippen LogP contribution in [0.1, 0.15) is 24.1 Å². The van der Waals surface area contributed by atoms with Crippen molar-refractivity contribution in [2.45, 2.75) is 25.3 Å². The number of imidazole rings is 1. The minimum absolute atomic E-state index is 0.130. The average Bonchev–Trinajstić information content (AvgIpc) is 3.51. The molecule has 13 heteroatoms. The fourth-order valence-electron chi connectivity index (χ4n) is 4.10. The van der Waals surface area contributed by atoms with Gasteiger partial charge in [0.15, 0.2) is 23.0 Å². The Morgan fingerprint density at radius 1 is 1.24 bits per heavy atom. The highest BCUT2D eigenvalue weighted by Gasteiger charge is 2.38. The molecule has 6 rings (SSSR count). The molecule has 0 aromatic carbocycles. The maximum Gasteiger partial charge on any atom is 0.289 e. The zero-order valence-electron chi connectivity index (χ0n) is 17.8. The molecule has 0 radical (unpaired) electrons. The molecule has 34 heavy (non-hydrogen) atoms. The van der Waals surface area contributed by atoms with Crippen LogP contribution in [0.3, 0.4) is 0 Å². The molecule has 0 atom stereocenters. The number of rotatable bonds is 4. The summed E-state index contributed by atoms with van der Waals surface area (Å²) in [7, 11) is 1.69. The first-order valence-corrected chi connectivity index (χ1v) is 10.4. The van der Waals surface area contributed by atoms with Crippen molar-refractivity contribution in [3.63, 3.8) is 0 Å². The second-order valence-corrected chi connectivity index (χ2v) is 7.86. The second-order valence-electron chi connectivity index (χ2n) is 7.86. The Labute approximate surface area is 190 Å². The summed E-state index contributed by atoms with van der Waals surface area (Å²) in [5, 5.41) is 21.3. The van der Waals surface area contributed by atoms with Gasteiger partial charge in [0.25, 0.3) is 5.92 Å². The van der Waals surface area contributed by atoms with Crippen LogP contribution in [0.5, 0.6) is 11.5 Å². The van der Waals surface area contributed by atoms with Gasteiger partial charge in [0.1, 0.15) is 28.4 Å². The number of hydrogen-bond acceptors (Lipinski definition) is 8. The van der Waals surface area contributed by atoms with Crippen LogP contribution in [0.2, 0.25) is 0 Å². The standard InChI is InChI=1S/C21H16F2N10O/c1-31-18-12(8-24)14(34-15-11-27-32-6-4-25-9-13(15)32)10-26-19(18)29-20(31)28-17-7-16-21(22,23)3-2-5-33(16)30-17/h4,6-7,9-11H,2-3,5H2,1H3,(H,26,28,29,30). The lowest BCUT2D eigenvalue weighted by Gasteiger charge is -2.22. The predicted octanol–water partition coefficient (Wildman–Crippen LogP) is 3.50. The van der Waals surface area contributed by atoms with E-state index < -0.39 is 5.92 Å². The minimum atomic E-state index is -2.92. The first-order chi connectivity index (χ1) is 16.4. The first-order valence-electron chi connectivity index (χ1n) is 10.4. The molecule has 1 aliphatic heterocycles. The molecule has 11 nitrogen and oxygen atoms in total. The monoisotopic (exact) mass is 462 g/mol. The number of hydrogen-bond donors (Lipinski definition) is 1. The number of nitriles is 1. The Morgan fingerprint density at radius 2 is 2.12 bits per heavy atom. The van der Waals surface area contributed by atoms with Crippen molar-refractivity contribution in [2.75, 3.05) is 5.32 Å². The van der Waals surface area contributed by atoms with Crippen LogP contribution >= 0.6 is 0 Å². The van der Waals surface area contributed by atoms with E-state index in [2.05, 4.69) is 36.5 Å². The topological polar surface area (TPSA) is 124 Å². The summed E-state index contributed by atoms with van der Waals surface area (Å²) < 4.78 is 38.9. The molecule has 0 unspecified atom stereocenters. The molecule has 0 spiro atoms. The van der Waals surface area contributed by atoms with Crippen molar-refractivity contribution in [3.05, 3.63) is 48.3 Å². The van der Waals surface area contributed by atoms with Gasteiger partial charge in [-0.05, 0) is 6.42 Å². The summed E-state index contributed by atoms with van der Waals surface area (Å²) in [5.74, 6) is -1.75. The highest BCUT2D eigenvalue weighted by molar-refractivity contribution is 5.84. The summed E-state index contributed by atoms with van der Waals surface area (Å²) >= 11 is 0. The van der Waals surface area contributed by atoms with E-state index in [1.807, 2.05) is 0 Å². The third-order valence-electron chi connectivity index (χ3n) is 5.74. The fraction of sp³-hybridized carbons (Fsp3) is 0.238. The number of alkyl halides is 2. The van der Waals surface area contributed by atoms with Crippen LogP contribution in [-0.2, 0) is 19.5 Å². The molecule has 0 fully saturated rings. The van der Waals surface area contributed by atoms with E-state index in [9.17, 15) is 14.0 Å². The summed E-state index contributed by atoms with van der Waals surface area (Å²) in [6, 6.07) is 3.48. The molecular weight excluding hydrogens is 446 g/mol. The number of aromatic nitrogens is 8. The van der Waals surface area contributed by atoms with Crippen molar-refractivity contribution in [1.29, 1.82) is 5.26 Å². The Hall–Kier alpha value is -4.60. The van der Waals surface area contributed by atoms with Gasteiger partial charge in [0.05, 0.1) is 18.6 Å². The van der Waals surface area contributed by atoms with Gasteiger partial charge in [0.2, 0.25) is 5.95 Å². The normalized spacial score (nSPS) is 14.8. The van der Waals surface area contributed by atoms with Crippen LogP contribution in [0.15, 0.2) is 37.1 Å². The van der Waals surface area contributed by atoms with Gasteiger partial charge in [-0.25, -0.2) is 9.50 Å². The molecule has 170 valence electrons. The van der Waals surface area contributed by atoms with Crippen molar-refractivity contribution in [2.24, 2.45) is 7.05 Å². The molecule has 1 aliphatic rings. The van der Waals surface area contributed by atoms with Crippen molar-refractivity contribution in [3.8, 4) is 17.6 Å². The Morgan fingerprint density at radius 3 is 2.94 bits per heavy atom. The third-order valence-corrected chi connectivity index (χ3v) is 5.74. The van der Waals surface area contributed by atoms with Crippen molar-refractivity contribution < 1.29 is 13.5 Å². The number of nitrogens with zero attached hydrogens (tertiary/aromatic N) is 9. The smallest absolute Gasteiger partial charge is 0.289 e. The second kappa shape index (κ2) is 7.20. The summed E-state index contributed by atoms with van der Waals surface area (Å²) in [4.78, 5) is 12.8. The molecule has 5 aromatic rings. The maximum atomic E-state index is 14.2. The van der Waals surface area contributed by atoms with E-state index >= 15 is 0 Å². The van der Waals surface area contributed by atoms with Gasteiger partial charge in [-0.15, -0.1) is 0 Å². The van der Waals surface area contributed by atoms with Crippen LogP contribution in [0, 0.1) is 11.3 Å². The number of ether oxygens (including phenoxy) is 1. The number of pyridine rings is 1. The summed E-state index contributed by atoms with van der Waals surface area (Å²) in [6.07, 6.45) is 7.96. The van der Waals surface area contributed by atoms with E-state index in [-0.39, 0.29) is 29.2 Å². The van der Waals surface area contributed by atoms with Gasteiger partial charge >= 0.3 is 0 Å². The zero-order valence-corrected chi connectivity index (χ0v) is 17.8. The molecule has 0 saturated heterocycles. The van der Waals surface area contributed by atoms with Crippen LogP contribution in [0.4, 0.5) is 20.5 Å². The van der Waals surface area contributed by atoms with E-state index in [1.54, 1.807) is 34.7 Å². The number of halogens is 2. The van der Waals surface area contributed by atoms with Gasteiger partial charge in [-0.3, -0.25) is 9.67 Å². The average molecular weight is 462 g/mol. The minimum Gasteiger partial charge on any atom is -0.450 e. The highest BCUT2D eigenvalue weighted by atomic mass is 19.3. The van der Waals surface area contributed by atoms with Crippen molar-refractivity contribution in [1.82, 2.24) is 38.9 Å². The Balaban J connectivity index is 1.38. The van der Waals surface area contributed by atoms with E-state index in [4.69, 9.17) is 4.74 Å². The molecule has 0 amide bonds. The summed E-state index contributed by atoms with van der Waals surface area (Å²) in [6.45, 7) is 0.426. The number of aryl methyl sites for hydroxylation is 2. The first kappa shape index (κ1) is 20.0. The largest absolute Gasteiger partial charge is 0.450 e. The van der Waals surface area contributed by atoms with Gasteiger partial charge < -0.3 is 14.6 Å². The van der Waals surface area contributed by atoms with E-state index in [0.717, 1.165) is 0 Å². The van der Waals surface area contributed by atoms with Gasteiger partial charge in [0, 0.05) is 38.5 Å². The lowest BCUT2D eigenvalue weighted by molar-refractivity contribution is -0.0364. The Bertz CT molecular complexity index is 1610. The molecule has 0 saturated carbocycles. The SMILES string of the molecule is Cn1c(Nc2cc3n(n2)CCCC3(F)F)nc2ncc(Oc3cnn4ccncc34)c(C#N)c21. The lowest BCUT2D eigenvalue weighted by atomic mass is 10.1. The molecular formula is C21H16F2N10O. The summed E-state index contributed by atoms with van der Waals surface area (Å²) in [5.41, 5.74) is 1.43. The van der Waals surface area contributed by atoms with Crippen molar-refractivity contribution >= 4 is 28.4 Å². The fourth-order valence-corrected chi connectivity index (χ4v) is 4.10.